The van der Waals surface area contributed by atoms with Gasteiger partial charge in [0.05, 0.1) is 5.69 Å². The van der Waals surface area contributed by atoms with Gasteiger partial charge in [0.2, 0.25) is 0 Å². The van der Waals surface area contributed by atoms with Crippen molar-refractivity contribution in [2.75, 3.05) is 0 Å². The predicted octanol–water partition coefficient (Wildman–Crippen LogP) is 4.05. The number of nitrogens with zero attached hydrogens (tertiary/aromatic N) is 3. The van der Waals surface area contributed by atoms with Crippen molar-refractivity contribution in [2.45, 2.75) is 30.8 Å². The minimum atomic E-state index is -0.158. The van der Waals surface area contributed by atoms with E-state index in [1.54, 1.807) is 15.9 Å². The first-order valence-corrected chi connectivity index (χ1v) is 9.40. The average molecular weight is 367 g/mol. The van der Waals surface area contributed by atoms with Gasteiger partial charge < -0.3 is 0 Å². The standard InChI is InChI=1S/C15H15ClN4OS2/c1-2-7-20-14(21)18-19-15(20)23-9-12-8-22-13(17-12)10-3-5-11(16)6-4-10/h3-6,8H,2,7,9H2,1H3,(H,18,21). The number of aromatic amines is 1. The topological polar surface area (TPSA) is 63.6 Å². The highest BCUT2D eigenvalue weighted by atomic mass is 35.5. The fourth-order valence-corrected chi connectivity index (χ4v) is 3.99. The number of benzene rings is 1. The molecule has 0 fully saturated rings. The molecule has 0 aliphatic carbocycles. The summed E-state index contributed by atoms with van der Waals surface area (Å²) in [4.78, 5) is 16.3. The van der Waals surface area contributed by atoms with E-state index >= 15 is 0 Å². The quantitative estimate of drug-likeness (QED) is 0.668. The number of H-pyrrole nitrogens is 1. The highest BCUT2D eigenvalue weighted by Crippen LogP contribution is 2.27. The van der Waals surface area contributed by atoms with Gasteiger partial charge >= 0.3 is 5.69 Å². The first kappa shape index (κ1) is 16.3. The molecule has 0 spiro atoms. The lowest BCUT2D eigenvalue weighted by Crippen LogP contribution is -2.17. The number of halogens is 1. The zero-order chi connectivity index (χ0) is 16.2. The lowest BCUT2D eigenvalue weighted by molar-refractivity contribution is 0.604. The van der Waals surface area contributed by atoms with E-state index in [1.165, 1.54) is 11.8 Å². The Bertz CT molecular complexity index is 838. The van der Waals surface area contributed by atoms with E-state index in [0.29, 0.717) is 22.5 Å². The Labute approximate surface area is 146 Å². The van der Waals surface area contributed by atoms with Gasteiger partial charge in [-0.2, -0.15) is 0 Å². The third kappa shape index (κ3) is 3.85. The third-order valence-electron chi connectivity index (χ3n) is 3.16. The smallest absolute Gasteiger partial charge is 0.270 e. The van der Waals surface area contributed by atoms with Crippen LogP contribution in [0.1, 0.15) is 19.0 Å². The van der Waals surface area contributed by atoms with Crippen molar-refractivity contribution in [1.29, 1.82) is 0 Å². The van der Waals surface area contributed by atoms with Gasteiger partial charge in [-0.3, -0.25) is 4.57 Å². The van der Waals surface area contributed by atoms with E-state index in [2.05, 4.69) is 15.2 Å². The molecule has 0 aliphatic heterocycles. The highest BCUT2D eigenvalue weighted by molar-refractivity contribution is 7.98. The van der Waals surface area contributed by atoms with Gasteiger partial charge in [-0.1, -0.05) is 42.4 Å². The van der Waals surface area contributed by atoms with Crippen molar-refractivity contribution in [2.24, 2.45) is 0 Å². The molecule has 8 heteroatoms. The SMILES string of the molecule is CCCn1c(SCc2csc(-c3ccc(Cl)cc3)n2)n[nH]c1=O. The van der Waals surface area contributed by atoms with Crippen molar-refractivity contribution in [3.63, 3.8) is 0 Å². The second-order valence-electron chi connectivity index (χ2n) is 4.90. The maximum atomic E-state index is 11.7. The average Bonchev–Trinajstić information content (AvgIpc) is 3.15. The van der Waals surface area contributed by atoms with E-state index in [-0.39, 0.29) is 5.69 Å². The highest BCUT2D eigenvalue weighted by Gasteiger charge is 2.10. The Kier molecular flexibility index (Phi) is 5.20. The van der Waals surface area contributed by atoms with Crippen LogP contribution >= 0.6 is 34.7 Å². The van der Waals surface area contributed by atoms with Gasteiger partial charge in [0.25, 0.3) is 0 Å². The van der Waals surface area contributed by atoms with Gasteiger partial charge in [0.1, 0.15) is 5.01 Å². The van der Waals surface area contributed by atoms with Crippen LogP contribution in [0, 0.1) is 0 Å². The van der Waals surface area contributed by atoms with E-state index in [0.717, 1.165) is 22.7 Å². The van der Waals surface area contributed by atoms with E-state index in [9.17, 15) is 4.79 Å². The number of thiazole rings is 1. The van der Waals surface area contributed by atoms with Crippen LogP contribution in [0.4, 0.5) is 0 Å². The number of aromatic nitrogens is 4. The van der Waals surface area contributed by atoms with Crippen LogP contribution < -0.4 is 5.69 Å². The summed E-state index contributed by atoms with van der Waals surface area (Å²) >= 11 is 9.02. The Morgan fingerprint density at radius 3 is 2.87 bits per heavy atom. The number of hydrogen-bond donors (Lipinski definition) is 1. The van der Waals surface area contributed by atoms with Gasteiger partial charge in [-0.15, -0.1) is 16.4 Å². The summed E-state index contributed by atoms with van der Waals surface area (Å²) in [5, 5.41) is 11.0. The summed E-state index contributed by atoms with van der Waals surface area (Å²) in [6.45, 7) is 2.71. The Morgan fingerprint density at radius 1 is 1.35 bits per heavy atom. The van der Waals surface area contributed by atoms with E-state index in [4.69, 9.17) is 11.6 Å². The minimum Gasteiger partial charge on any atom is -0.270 e. The Morgan fingerprint density at radius 2 is 2.13 bits per heavy atom. The molecule has 0 atom stereocenters. The van der Waals surface area contributed by atoms with Crippen molar-refractivity contribution in [3.05, 3.63) is 50.8 Å². The molecule has 2 heterocycles. The molecule has 0 saturated heterocycles. The van der Waals surface area contributed by atoms with Crippen molar-refractivity contribution in [1.82, 2.24) is 19.7 Å². The molecule has 0 unspecified atom stereocenters. The molecule has 0 saturated carbocycles. The van der Waals surface area contributed by atoms with Crippen molar-refractivity contribution >= 4 is 34.7 Å². The number of nitrogens with one attached hydrogen (secondary N) is 1. The maximum absolute atomic E-state index is 11.7. The van der Waals surface area contributed by atoms with E-state index < -0.39 is 0 Å². The van der Waals surface area contributed by atoms with Gasteiger partial charge in [0, 0.05) is 28.3 Å². The minimum absolute atomic E-state index is 0.158. The predicted molar refractivity (Wildman–Crippen MR) is 95.3 cm³/mol. The molecule has 1 N–H and O–H groups in total. The van der Waals surface area contributed by atoms with Crippen LogP contribution in [0.15, 0.2) is 39.6 Å². The van der Waals surface area contributed by atoms with Crippen molar-refractivity contribution < 1.29 is 0 Å². The zero-order valence-electron chi connectivity index (χ0n) is 12.5. The summed E-state index contributed by atoms with van der Waals surface area (Å²) in [6, 6.07) is 7.65. The first-order chi connectivity index (χ1) is 11.2. The molecule has 0 bridgehead atoms. The molecule has 120 valence electrons. The fraction of sp³-hybridized carbons (Fsp3) is 0.267. The third-order valence-corrected chi connectivity index (χ3v) is 5.36. The summed E-state index contributed by atoms with van der Waals surface area (Å²) in [7, 11) is 0. The monoisotopic (exact) mass is 366 g/mol. The van der Waals surface area contributed by atoms with Gasteiger partial charge in [0.15, 0.2) is 5.16 Å². The molecule has 3 aromatic rings. The molecule has 23 heavy (non-hydrogen) atoms. The molecule has 2 aromatic heterocycles. The Balaban J connectivity index is 1.70. The summed E-state index contributed by atoms with van der Waals surface area (Å²) in [6.07, 6.45) is 0.893. The molecular formula is C15H15ClN4OS2. The van der Waals surface area contributed by atoms with Crippen LogP contribution in [-0.2, 0) is 12.3 Å². The van der Waals surface area contributed by atoms with E-state index in [1.807, 2.05) is 36.6 Å². The molecule has 0 aliphatic rings. The molecule has 0 radical (unpaired) electrons. The fourth-order valence-electron chi connectivity index (χ4n) is 2.07. The van der Waals surface area contributed by atoms with Crippen LogP contribution in [0.2, 0.25) is 5.02 Å². The summed E-state index contributed by atoms with van der Waals surface area (Å²) < 4.78 is 1.66. The Hall–Kier alpha value is -1.57. The zero-order valence-corrected chi connectivity index (χ0v) is 14.8. The molecule has 0 amide bonds. The largest absolute Gasteiger partial charge is 0.343 e. The van der Waals surface area contributed by atoms with Crippen LogP contribution in [-0.4, -0.2) is 19.7 Å². The summed E-state index contributed by atoms with van der Waals surface area (Å²) in [5.74, 6) is 0.679. The van der Waals surface area contributed by atoms with Crippen LogP contribution in [0.5, 0.6) is 0 Å². The lowest BCUT2D eigenvalue weighted by Gasteiger charge is -2.02. The van der Waals surface area contributed by atoms with Gasteiger partial charge in [-0.05, 0) is 18.6 Å². The lowest BCUT2D eigenvalue weighted by atomic mass is 10.2. The van der Waals surface area contributed by atoms with Crippen LogP contribution in [0.25, 0.3) is 10.6 Å². The molecule has 5 nitrogen and oxygen atoms in total. The molecule has 1 aromatic carbocycles. The van der Waals surface area contributed by atoms with Crippen molar-refractivity contribution in [3.8, 4) is 10.6 Å². The molecular weight excluding hydrogens is 352 g/mol. The second-order valence-corrected chi connectivity index (χ2v) is 7.14. The summed E-state index contributed by atoms with van der Waals surface area (Å²) in [5.41, 5.74) is 1.87. The molecule has 3 rings (SSSR count). The maximum Gasteiger partial charge on any atom is 0.343 e. The first-order valence-electron chi connectivity index (χ1n) is 7.15. The second kappa shape index (κ2) is 7.33. The number of rotatable bonds is 6. The van der Waals surface area contributed by atoms with Gasteiger partial charge in [-0.25, -0.2) is 14.9 Å². The normalized spacial score (nSPS) is 11.0. The number of thioether (sulfide) groups is 1. The van der Waals surface area contributed by atoms with Crippen LogP contribution in [0.3, 0.4) is 0 Å². The number of hydrogen-bond acceptors (Lipinski definition) is 5.